The second kappa shape index (κ2) is 6.34. The van der Waals surface area contributed by atoms with Crippen molar-refractivity contribution in [3.05, 3.63) is 53.1 Å². The molecule has 1 amide bonds. The van der Waals surface area contributed by atoms with Crippen LogP contribution in [-0.2, 0) is 0 Å². The van der Waals surface area contributed by atoms with E-state index in [9.17, 15) is 9.18 Å². The van der Waals surface area contributed by atoms with Crippen molar-refractivity contribution in [3.63, 3.8) is 0 Å². The molecular weight excluding hydrogens is 281 g/mol. The molecule has 2 aromatic rings. The van der Waals surface area contributed by atoms with Gasteiger partial charge in [0.1, 0.15) is 11.5 Å². The van der Waals surface area contributed by atoms with Gasteiger partial charge in [0.05, 0.1) is 10.7 Å². The lowest BCUT2D eigenvalue weighted by molar-refractivity contribution is 0.102. The van der Waals surface area contributed by atoms with Gasteiger partial charge in [0.25, 0.3) is 5.91 Å². The number of benzene rings is 1. The molecule has 4 nitrogen and oxygen atoms in total. The lowest BCUT2D eigenvalue weighted by Gasteiger charge is -2.08. The SMILES string of the molecule is CCNc1ccnc(C(=O)Nc2ccc(F)cc2Cl)c1. The van der Waals surface area contributed by atoms with E-state index in [4.69, 9.17) is 11.6 Å². The zero-order valence-electron chi connectivity index (χ0n) is 10.8. The van der Waals surface area contributed by atoms with Gasteiger partial charge in [-0.3, -0.25) is 9.78 Å². The minimum absolute atomic E-state index is 0.140. The Hall–Kier alpha value is -2.14. The molecule has 0 saturated heterocycles. The number of hydrogen-bond acceptors (Lipinski definition) is 3. The number of pyridine rings is 1. The summed E-state index contributed by atoms with van der Waals surface area (Å²) >= 11 is 5.85. The Balaban J connectivity index is 2.17. The van der Waals surface area contributed by atoms with Crippen LogP contribution in [0.25, 0.3) is 0 Å². The molecule has 0 aliphatic rings. The van der Waals surface area contributed by atoms with Crippen molar-refractivity contribution in [2.24, 2.45) is 0 Å². The third kappa shape index (κ3) is 3.45. The molecule has 1 heterocycles. The molecule has 2 N–H and O–H groups in total. The number of amides is 1. The zero-order chi connectivity index (χ0) is 14.5. The Bertz CT molecular complexity index is 634. The van der Waals surface area contributed by atoms with Crippen LogP contribution in [0.4, 0.5) is 15.8 Å². The summed E-state index contributed by atoms with van der Waals surface area (Å²) in [5.41, 5.74) is 1.40. The first kappa shape index (κ1) is 14.3. The van der Waals surface area contributed by atoms with Crippen LogP contribution in [0.15, 0.2) is 36.5 Å². The topological polar surface area (TPSA) is 54.0 Å². The van der Waals surface area contributed by atoms with E-state index in [2.05, 4.69) is 15.6 Å². The number of aromatic nitrogens is 1. The highest BCUT2D eigenvalue weighted by molar-refractivity contribution is 6.33. The molecule has 20 heavy (non-hydrogen) atoms. The Kier molecular flexibility index (Phi) is 4.53. The summed E-state index contributed by atoms with van der Waals surface area (Å²) in [6.45, 7) is 2.70. The molecular formula is C14H13ClFN3O. The van der Waals surface area contributed by atoms with Gasteiger partial charge in [-0.05, 0) is 37.3 Å². The minimum Gasteiger partial charge on any atom is -0.385 e. The largest absolute Gasteiger partial charge is 0.385 e. The summed E-state index contributed by atoms with van der Waals surface area (Å²) in [5, 5.41) is 5.83. The van der Waals surface area contributed by atoms with Crippen LogP contribution in [0.2, 0.25) is 5.02 Å². The average Bonchev–Trinajstić information content (AvgIpc) is 2.42. The summed E-state index contributed by atoms with van der Waals surface area (Å²) in [6.07, 6.45) is 1.54. The maximum atomic E-state index is 12.9. The van der Waals surface area contributed by atoms with Crippen molar-refractivity contribution in [3.8, 4) is 0 Å². The van der Waals surface area contributed by atoms with Gasteiger partial charge in [-0.15, -0.1) is 0 Å². The fraction of sp³-hybridized carbons (Fsp3) is 0.143. The first-order valence-corrected chi connectivity index (χ1v) is 6.44. The number of carbonyl (C=O) groups is 1. The smallest absolute Gasteiger partial charge is 0.274 e. The number of nitrogens with one attached hydrogen (secondary N) is 2. The van der Waals surface area contributed by atoms with Crippen LogP contribution in [0.3, 0.4) is 0 Å². The fourth-order valence-corrected chi connectivity index (χ4v) is 1.86. The van der Waals surface area contributed by atoms with Crippen LogP contribution in [0.5, 0.6) is 0 Å². The van der Waals surface area contributed by atoms with E-state index in [1.54, 1.807) is 18.3 Å². The maximum Gasteiger partial charge on any atom is 0.274 e. The number of rotatable bonds is 4. The molecule has 0 fully saturated rings. The van der Waals surface area contributed by atoms with Crippen molar-refractivity contribution in [2.75, 3.05) is 17.2 Å². The summed E-state index contributed by atoms with van der Waals surface area (Å²) in [5.74, 6) is -0.862. The average molecular weight is 294 g/mol. The highest BCUT2D eigenvalue weighted by Gasteiger charge is 2.10. The van der Waals surface area contributed by atoms with E-state index in [1.165, 1.54) is 12.1 Å². The number of halogens is 2. The molecule has 0 radical (unpaired) electrons. The lowest BCUT2D eigenvalue weighted by Crippen LogP contribution is -2.14. The second-order valence-electron chi connectivity index (χ2n) is 4.04. The summed E-state index contributed by atoms with van der Waals surface area (Å²) in [6, 6.07) is 7.18. The molecule has 6 heteroatoms. The van der Waals surface area contributed by atoms with E-state index in [0.717, 1.165) is 18.3 Å². The molecule has 0 unspecified atom stereocenters. The van der Waals surface area contributed by atoms with E-state index < -0.39 is 11.7 Å². The van der Waals surface area contributed by atoms with Crippen LogP contribution in [0.1, 0.15) is 17.4 Å². The zero-order valence-corrected chi connectivity index (χ0v) is 11.5. The number of carbonyl (C=O) groups excluding carboxylic acids is 1. The van der Waals surface area contributed by atoms with Gasteiger partial charge in [-0.25, -0.2) is 4.39 Å². The van der Waals surface area contributed by atoms with Gasteiger partial charge in [0, 0.05) is 18.4 Å². The summed E-state index contributed by atoms with van der Waals surface area (Å²) < 4.78 is 12.9. The van der Waals surface area contributed by atoms with Crippen molar-refractivity contribution < 1.29 is 9.18 Å². The molecule has 1 aromatic heterocycles. The van der Waals surface area contributed by atoms with Crippen molar-refractivity contribution >= 4 is 28.9 Å². The maximum absolute atomic E-state index is 12.9. The standard InChI is InChI=1S/C14H13ClFN3O/c1-2-17-10-5-6-18-13(8-10)14(20)19-12-4-3-9(16)7-11(12)15/h3-8H,2H2,1H3,(H,17,18)(H,19,20). The molecule has 104 valence electrons. The molecule has 0 aliphatic heterocycles. The first-order valence-electron chi connectivity index (χ1n) is 6.06. The van der Waals surface area contributed by atoms with Crippen LogP contribution < -0.4 is 10.6 Å². The molecule has 0 aliphatic carbocycles. The van der Waals surface area contributed by atoms with Crippen LogP contribution in [0, 0.1) is 5.82 Å². The second-order valence-corrected chi connectivity index (χ2v) is 4.45. The molecule has 0 saturated carbocycles. The van der Waals surface area contributed by atoms with Gasteiger partial charge in [-0.1, -0.05) is 11.6 Å². The predicted octanol–water partition coefficient (Wildman–Crippen LogP) is 3.56. The monoisotopic (exact) mass is 293 g/mol. The number of anilines is 2. The molecule has 1 aromatic carbocycles. The lowest BCUT2D eigenvalue weighted by atomic mass is 10.2. The Labute approximate surface area is 121 Å². The third-order valence-electron chi connectivity index (χ3n) is 2.55. The van der Waals surface area contributed by atoms with Crippen LogP contribution >= 0.6 is 11.6 Å². The van der Waals surface area contributed by atoms with Crippen molar-refractivity contribution in [1.29, 1.82) is 0 Å². The predicted molar refractivity (Wildman–Crippen MR) is 77.8 cm³/mol. The number of hydrogen-bond donors (Lipinski definition) is 2. The van der Waals surface area contributed by atoms with E-state index in [0.29, 0.717) is 5.69 Å². The van der Waals surface area contributed by atoms with Gasteiger partial charge in [0.2, 0.25) is 0 Å². The van der Waals surface area contributed by atoms with Gasteiger partial charge >= 0.3 is 0 Å². The van der Waals surface area contributed by atoms with Gasteiger partial charge in [0.15, 0.2) is 0 Å². The van der Waals surface area contributed by atoms with Crippen molar-refractivity contribution in [1.82, 2.24) is 4.98 Å². The first-order chi connectivity index (χ1) is 9.60. The van der Waals surface area contributed by atoms with E-state index >= 15 is 0 Å². The van der Waals surface area contributed by atoms with E-state index in [1.807, 2.05) is 6.92 Å². The molecule has 0 atom stereocenters. The highest BCUT2D eigenvalue weighted by atomic mass is 35.5. The highest BCUT2D eigenvalue weighted by Crippen LogP contribution is 2.23. The minimum atomic E-state index is -0.458. The molecule has 0 bridgehead atoms. The normalized spacial score (nSPS) is 10.2. The molecule has 0 spiro atoms. The fourth-order valence-electron chi connectivity index (χ4n) is 1.65. The molecule has 2 rings (SSSR count). The van der Waals surface area contributed by atoms with Gasteiger partial charge in [-0.2, -0.15) is 0 Å². The Morgan fingerprint density at radius 2 is 2.15 bits per heavy atom. The van der Waals surface area contributed by atoms with Crippen molar-refractivity contribution in [2.45, 2.75) is 6.92 Å². The number of nitrogens with zero attached hydrogens (tertiary/aromatic N) is 1. The quantitative estimate of drug-likeness (QED) is 0.906. The summed E-state index contributed by atoms with van der Waals surface area (Å²) in [4.78, 5) is 16.0. The van der Waals surface area contributed by atoms with Crippen LogP contribution in [-0.4, -0.2) is 17.4 Å². The third-order valence-corrected chi connectivity index (χ3v) is 2.87. The Morgan fingerprint density at radius 1 is 1.35 bits per heavy atom. The Morgan fingerprint density at radius 3 is 2.85 bits per heavy atom. The van der Waals surface area contributed by atoms with E-state index in [-0.39, 0.29) is 10.7 Å². The summed E-state index contributed by atoms with van der Waals surface area (Å²) in [7, 11) is 0. The van der Waals surface area contributed by atoms with Gasteiger partial charge < -0.3 is 10.6 Å².